The maximum Gasteiger partial charge on any atom is 0.341 e. The molecule has 1 amide bonds. The van der Waals surface area contributed by atoms with Crippen LogP contribution in [-0.2, 0) is 16.0 Å². The Morgan fingerprint density at radius 1 is 1.35 bits per heavy atom. The highest BCUT2D eigenvalue weighted by atomic mass is 32.1. The summed E-state index contributed by atoms with van der Waals surface area (Å²) in [7, 11) is 0. The predicted octanol–water partition coefficient (Wildman–Crippen LogP) is 2.47. The summed E-state index contributed by atoms with van der Waals surface area (Å²) >= 11 is 1.38. The van der Waals surface area contributed by atoms with Gasteiger partial charge in [0.2, 0.25) is 5.91 Å². The van der Waals surface area contributed by atoms with Gasteiger partial charge in [-0.1, -0.05) is 6.92 Å². The van der Waals surface area contributed by atoms with Gasteiger partial charge >= 0.3 is 5.97 Å². The Morgan fingerprint density at radius 3 is 2.40 bits per heavy atom. The fraction of sp³-hybridized carbons (Fsp3) is 0.571. The van der Waals surface area contributed by atoms with Crippen LogP contribution in [-0.4, -0.2) is 24.0 Å². The Labute approximate surface area is 123 Å². The van der Waals surface area contributed by atoms with E-state index in [1.807, 2.05) is 13.8 Å². The van der Waals surface area contributed by atoms with Crippen molar-refractivity contribution in [1.29, 1.82) is 0 Å². The van der Waals surface area contributed by atoms with Gasteiger partial charge < -0.3 is 15.8 Å². The van der Waals surface area contributed by atoms with E-state index in [1.54, 1.807) is 20.8 Å². The first-order valence-electron chi connectivity index (χ1n) is 6.62. The Bertz CT molecular complexity index is 515. The van der Waals surface area contributed by atoms with Gasteiger partial charge in [0.25, 0.3) is 0 Å². The van der Waals surface area contributed by atoms with Gasteiger partial charge in [-0.3, -0.25) is 4.79 Å². The molecule has 0 radical (unpaired) electrons. The highest BCUT2D eigenvalue weighted by molar-refractivity contribution is 7.16. The van der Waals surface area contributed by atoms with Crippen molar-refractivity contribution >= 4 is 28.2 Å². The molecule has 0 saturated heterocycles. The lowest BCUT2D eigenvalue weighted by molar-refractivity contribution is -0.120. The van der Waals surface area contributed by atoms with Crippen LogP contribution in [0.2, 0.25) is 0 Å². The number of hydrogen-bond donors (Lipinski definition) is 2. The van der Waals surface area contributed by atoms with Crippen molar-refractivity contribution in [2.24, 2.45) is 5.73 Å². The van der Waals surface area contributed by atoms with Crippen LogP contribution in [0.3, 0.4) is 0 Å². The number of thiophene rings is 1. The summed E-state index contributed by atoms with van der Waals surface area (Å²) in [5.41, 5.74) is 6.13. The predicted molar refractivity (Wildman–Crippen MR) is 81.3 cm³/mol. The molecule has 0 aliphatic carbocycles. The number of nitrogens with two attached hydrogens (primary N) is 1. The van der Waals surface area contributed by atoms with E-state index in [4.69, 9.17) is 10.5 Å². The molecule has 6 heteroatoms. The van der Waals surface area contributed by atoms with E-state index in [2.05, 4.69) is 5.32 Å². The van der Waals surface area contributed by atoms with Crippen molar-refractivity contribution in [1.82, 2.24) is 0 Å². The summed E-state index contributed by atoms with van der Waals surface area (Å²) in [6.07, 6.45) is 0.707. The monoisotopic (exact) mass is 298 g/mol. The number of hydrogen-bond acceptors (Lipinski definition) is 5. The second-order valence-electron chi connectivity index (χ2n) is 5.09. The molecule has 0 fully saturated rings. The summed E-state index contributed by atoms with van der Waals surface area (Å²) in [6, 6.07) is 0. The normalized spacial score (nSPS) is 11.3. The smallest absolute Gasteiger partial charge is 0.341 e. The van der Waals surface area contributed by atoms with E-state index in [-0.39, 0.29) is 5.91 Å². The van der Waals surface area contributed by atoms with Gasteiger partial charge in [-0.15, -0.1) is 11.3 Å². The van der Waals surface area contributed by atoms with E-state index in [0.717, 1.165) is 10.4 Å². The van der Waals surface area contributed by atoms with Crippen molar-refractivity contribution in [2.45, 2.75) is 46.6 Å². The lowest BCUT2D eigenvalue weighted by Crippen LogP contribution is -2.45. The summed E-state index contributed by atoms with van der Waals surface area (Å²) in [5, 5.41) is 3.25. The van der Waals surface area contributed by atoms with Crippen LogP contribution in [0, 0.1) is 6.92 Å². The SMILES string of the molecule is CCOC(=O)c1c(NC(=O)C(C)(C)N)sc(C)c1CC. The molecule has 1 aromatic heterocycles. The average Bonchev–Trinajstić information content (AvgIpc) is 2.64. The molecule has 0 unspecified atom stereocenters. The van der Waals surface area contributed by atoms with Crippen molar-refractivity contribution in [3.63, 3.8) is 0 Å². The van der Waals surface area contributed by atoms with Crippen molar-refractivity contribution in [3.8, 4) is 0 Å². The van der Waals surface area contributed by atoms with Crippen LogP contribution in [0.1, 0.15) is 48.5 Å². The van der Waals surface area contributed by atoms with Crippen LogP contribution in [0.5, 0.6) is 0 Å². The minimum atomic E-state index is -1.00. The fourth-order valence-electron chi connectivity index (χ4n) is 1.78. The van der Waals surface area contributed by atoms with Gasteiger partial charge in [0, 0.05) is 4.88 Å². The molecule has 1 heterocycles. The topological polar surface area (TPSA) is 81.4 Å². The first-order valence-corrected chi connectivity index (χ1v) is 7.43. The van der Waals surface area contributed by atoms with Crippen molar-refractivity contribution < 1.29 is 14.3 Å². The number of carbonyl (C=O) groups is 2. The van der Waals surface area contributed by atoms with Gasteiger partial charge in [-0.05, 0) is 39.7 Å². The minimum absolute atomic E-state index is 0.298. The molecule has 0 atom stereocenters. The molecule has 0 bridgehead atoms. The van der Waals surface area contributed by atoms with Crippen LogP contribution in [0.25, 0.3) is 0 Å². The Hall–Kier alpha value is -1.40. The lowest BCUT2D eigenvalue weighted by Gasteiger charge is -2.17. The summed E-state index contributed by atoms with van der Waals surface area (Å²) in [6.45, 7) is 9.18. The first-order chi connectivity index (χ1) is 9.22. The van der Waals surface area contributed by atoms with E-state index in [0.29, 0.717) is 23.6 Å². The second kappa shape index (κ2) is 6.37. The number of anilines is 1. The Kier molecular flexibility index (Phi) is 5.30. The number of nitrogens with one attached hydrogen (secondary N) is 1. The highest BCUT2D eigenvalue weighted by Gasteiger charge is 2.27. The molecule has 0 aliphatic rings. The van der Waals surface area contributed by atoms with Gasteiger partial charge in [0.05, 0.1) is 17.7 Å². The zero-order valence-corrected chi connectivity index (χ0v) is 13.4. The molecule has 0 aliphatic heterocycles. The van der Waals surface area contributed by atoms with Crippen LogP contribution in [0.4, 0.5) is 5.00 Å². The van der Waals surface area contributed by atoms with Crippen molar-refractivity contribution in [3.05, 3.63) is 16.0 Å². The lowest BCUT2D eigenvalue weighted by atomic mass is 10.1. The quantitative estimate of drug-likeness (QED) is 0.818. The third kappa shape index (κ3) is 3.58. The molecule has 0 spiro atoms. The van der Waals surface area contributed by atoms with E-state index in [9.17, 15) is 9.59 Å². The summed E-state index contributed by atoms with van der Waals surface area (Å²) in [4.78, 5) is 25.1. The number of esters is 1. The molecule has 1 aromatic rings. The van der Waals surface area contributed by atoms with E-state index in [1.165, 1.54) is 11.3 Å². The van der Waals surface area contributed by atoms with Gasteiger partial charge in [-0.25, -0.2) is 4.79 Å². The van der Waals surface area contributed by atoms with Gasteiger partial charge in [0.1, 0.15) is 5.00 Å². The van der Waals surface area contributed by atoms with Gasteiger partial charge in [-0.2, -0.15) is 0 Å². The molecular weight excluding hydrogens is 276 g/mol. The minimum Gasteiger partial charge on any atom is -0.462 e. The number of aryl methyl sites for hydroxylation is 1. The number of carbonyl (C=O) groups excluding carboxylic acids is 2. The molecule has 1 rings (SSSR count). The molecular formula is C14H22N2O3S. The number of amides is 1. The first kappa shape index (κ1) is 16.7. The third-order valence-electron chi connectivity index (χ3n) is 2.85. The van der Waals surface area contributed by atoms with E-state index >= 15 is 0 Å². The largest absolute Gasteiger partial charge is 0.462 e. The van der Waals surface area contributed by atoms with E-state index < -0.39 is 11.5 Å². The second-order valence-corrected chi connectivity index (χ2v) is 6.32. The van der Waals surface area contributed by atoms with Crippen LogP contribution < -0.4 is 11.1 Å². The van der Waals surface area contributed by atoms with Crippen LogP contribution >= 0.6 is 11.3 Å². The Balaban J connectivity index is 3.19. The molecule has 112 valence electrons. The molecule has 0 aromatic carbocycles. The molecule has 0 saturated carbocycles. The number of ether oxygens (including phenoxy) is 1. The number of rotatable bonds is 5. The zero-order valence-electron chi connectivity index (χ0n) is 12.6. The van der Waals surface area contributed by atoms with Gasteiger partial charge in [0.15, 0.2) is 0 Å². The Morgan fingerprint density at radius 2 is 1.95 bits per heavy atom. The standard InChI is InChI=1S/C14H22N2O3S/c1-6-9-8(3)20-11(10(9)12(17)19-7-2)16-13(18)14(4,5)15/h6-7,15H2,1-5H3,(H,16,18). The zero-order chi connectivity index (χ0) is 15.5. The summed E-state index contributed by atoms with van der Waals surface area (Å²) < 4.78 is 5.08. The van der Waals surface area contributed by atoms with Crippen LogP contribution in [0.15, 0.2) is 0 Å². The maximum atomic E-state index is 12.1. The molecule has 5 nitrogen and oxygen atoms in total. The molecule has 3 N–H and O–H groups in total. The summed E-state index contributed by atoms with van der Waals surface area (Å²) in [5.74, 6) is -0.731. The maximum absolute atomic E-state index is 12.1. The molecule has 20 heavy (non-hydrogen) atoms. The average molecular weight is 298 g/mol. The van der Waals surface area contributed by atoms with Crippen molar-refractivity contribution in [2.75, 3.05) is 11.9 Å². The fourth-order valence-corrected chi connectivity index (χ4v) is 2.90. The highest BCUT2D eigenvalue weighted by Crippen LogP contribution is 2.34. The third-order valence-corrected chi connectivity index (χ3v) is 3.92.